The molecule has 19 heavy (non-hydrogen) atoms. The van der Waals surface area contributed by atoms with Crippen LogP contribution < -0.4 is 11.1 Å². The van der Waals surface area contributed by atoms with Gasteiger partial charge in [0.25, 0.3) is 0 Å². The summed E-state index contributed by atoms with van der Waals surface area (Å²) in [4.78, 5) is 12.3. The minimum atomic E-state index is -0.501. The van der Waals surface area contributed by atoms with Crippen LogP contribution in [0.4, 0.5) is 5.69 Å². The molecule has 0 saturated heterocycles. The first-order valence-electron chi connectivity index (χ1n) is 5.62. The average Bonchev–Trinajstić information content (AvgIpc) is 2.36. The lowest BCUT2D eigenvalue weighted by atomic mass is 10.0. The van der Waals surface area contributed by atoms with Crippen molar-refractivity contribution in [1.82, 2.24) is 0 Å². The van der Waals surface area contributed by atoms with Crippen molar-refractivity contribution < 1.29 is 4.79 Å². The number of carbonyl (C=O) groups is 1. The highest BCUT2D eigenvalue weighted by molar-refractivity contribution is 9.10. The van der Waals surface area contributed by atoms with Gasteiger partial charge in [-0.25, -0.2) is 0 Å². The number of nitrogens with one attached hydrogen (secondary N) is 1. The minimum absolute atomic E-state index is 0.179. The molecule has 1 rings (SSSR count). The maximum absolute atomic E-state index is 12.1. The van der Waals surface area contributed by atoms with E-state index in [-0.39, 0.29) is 15.9 Å². The van der Waals surface area contributed by atoms with Gasteiger partial charge >= 0.3 is 0 Å². The lowest BCUT2D eigenvalue weighted by molar-refractivity contribution is -0.118. The molecule has 0 aliphatic carbocycles. The molecular formula is C12H13BrCl2N2OS. The molecule has 0 fully saturated rings. The highest BCUT2D eigenvalue weighted by atomic mass is 79.9. The van der Waals surface area contributed by atoms with Gasteiger partial charge in [0.15, 0.2) is 0 Å². The summed E-state index contributed by atoms with van der Waals surface area (Å²) in [5.41, 5.74) is 6.02. The molecule has 1 aromatic carbocycles. The molecule has 0 aromatic heterocycles. The monoisotopic (exact) mass is 382 g/mol. The molecule has 0 radical (unpaired) electrons. The van der Waals surface area contributed by atoms with E-state index >= 15 is 0 Å². The molecule has 3 nitrogen and oxygen atoms in total. The molecule has 1 unspecified atom stereocenters. The van der Waals surface area contributed by atoms with Gasteiger partial charge in [-0.3, -0.25) is 4.79 Å². The number of carbonyl (C=O) groups excluding carboxylic acids is 1. The third-order valence-corrected chi connectivity index (χ3v) is 4.59. The molecule has 1 amide bonds. The average molecular weight is 384 g/mol. The van der Waals surface area contributed by atoms with Crippen LogP contribution in [-0.2, 0) is 4.79 Å². The topological polar surface area (TPSA) is 55.1 Å². The Morgan fingerprint density at radius 3 is 2.63 bits per heavy atom. The number of rotatable bonds is 5. The number of anilines is 1. The Morgan fingerprint density at radius 2 is 2.11 bits per heavy atom. The molecule has 3 N–H and O–H groups in total. The minimum Gasteiger partial charge on any atom is -0.393 e. The van der Waals surface area contributed by atoms with Gasteiger partial charge in [0.05, 0.1) is 26.6 Å². The van der Waals surface area contributed by atoms with Crippen LogP contribution in [0.15, 0.2) is 16.6 Å². The van der Waals surface area contributed by atoms with Gasteiger partial charge in [0.2, 0.25) is 5.91 Å². The fraction of sp³-hybridized carbons (Fsp3) is 0.333. The second kappa shape index (κ2) is 7.43. The second-order valence-electron chi connectivity index (χ2n) is 3.96. The van der Waals surface area contributed by atoms with Crippen molar-refractivity contribution in [3.8, 4) is 0 Å². The second-order valence-corrected chi connectivity index (χ2v) is 6.04. The third kappa shape index (κ3) is 4.31. The van der Waals surface area contributed by atoms with Gasteiger partial charge in [-0.05, 0) is 34.5 Å². The van der Waals surface area contributed by atoms with Crippen LogP contribution in [0.25, 0.3) is 0 Å². The van der Waals surface area contributed by atoms with E-state index in [1.54, 1.807) is 12.1 Å². The zero-order chi connectivity index (χ0) is 14.6. The molecule has 7 heteroatoms. The summed E-state index contributed by atoms with van der Waals surface area (Å²) >= 11 is 20.2. The molecule has 0 saturated carbocycles. The number of amides is 1. The van der Waals surface area contributed by atoms with Crippen LogP contribution in [0.2, 0.25) is 10.0 Å². The lowest BCUT2D eigenvalue weighted by Gasteiger charge is -2.16. The Morgan fingerprint density at radius 1 is 1.47 bits per heavy atom. The van der Waals surface area contributed by atoms with Crippen LogP contribution in [0, 0.1) is 5.92 Å². The Kier molecular flexibility index (Phi) is 6.53. The lowest BCUT2D eigenvalue weighted by Crippen LogP contribution is -2.33. The van der Waals surface area contributed by atoms with E-state index in [1.165, 1.54) is 0 Å². The van der Waals surface area contributed by atoms with Gasteiger partial charge in [0, 0.05) is 4.47 Å². The summed E-state index contributed by atoms with van der Waals surface area (Å²) in [5, 5.41) is 3.33. The number of halogens is 3. The van der Waals surface area contributed by atoms with Crippen molar-refractivity contribution in [3.63, 3.8) is 0 Å². The smallest absolute Gasteiger partial charge is 0.234 e. The van der Waals surface area contributed by atoms with Crippen molar-refractivity contribution in [3.05, 3.63) is 26.7 Å². The maximum Gasteiger partial charge on any atom is 0.234 e. The van der Waals surface area contributed by atoms with Crippen molar-refractivity contribution in [2.24, 2.45) is 11.7 Å². The van der Waals surface area contributed by atoms with E-state index < -0.39 is 5.92 Å². The zero-order valence-electron chi connectivity index (χ0n) is 10.2. The summed E-state index contributed by atoms with van der Waals surface area (Å²) in [6, 6.07) is 3.37. The molecule has 1 aromatic rings. The quantitative estimate of drug-likeness (QED) is 0.585. The van der Waals surface area contributed by atoms with Crippen LogP contribution in [0.1, 0.15) is 19.8 Å². The molecular weight excluding hydrogens is 371 g/mol. The fourth-order valence-electron chi connectivity index (χ4n) is 1.53. The van der Waals surface area contributed by atoms with Crippen molar-refractivity contribution in [1.29, 1.82) is 0 Å². The predicted molar refractivity (Wildman–Crippen MR) is 88.0 cm³/mol. The number of nitrogens with two attached hydrogens (primary N) is 1. The number of hydrogen-bond donors (Lipinski definition) is 2. The Balaban J connectivity index is 2.93. The molecule has 0 aliphatic heterocycles. The predicted octanol–water partition coefficient (Wildman–Crippen LogP) is 4.40. The molecule has 104 valence electrons. The van der Waals surface area contributed by atoms with E-state index in [2.05, 4.69) is 21.2 Å². The SMILES string of the molecule is CCCC(C(=O)Nc1ccc(Br)c(Cl)c1Cl)C(N)=S. The fourth-order valence-corrected chi connectivity index (χ4v) is 2.58. The largest absolute Gasteiger partial charge is 0.393 e. The molecule has 0 spiro atoms. The Bertz CT molecular complexity index is 511. The summed E-state index contributed by atoms with van der Waals surface area (Å²) in [6.07, 6.45) is 1.41. The van der Waals surface area contributed by atoms with Gasteiger partial charge < -0.3 is 11.1 Å². The van der Waals surface area contributed by atoms with Gasteiger partial charge in [-0.1, -0.05) is 48.8 Å². The van der Waals surface area contributed by atoms with Crippen molar-refractivity contribution in [2.45, 2.75) is 19.8 Å². The first kappa shape index (κ1) is 16.7. The van der Waals surface area contributed by atoms with E-state index in [0.717, 1.165) is 6.42 Å². The van der Waals surface area contributed by atoms with Gasteiger partial charge in [-0.15, -0.1) is 0 Å². The van der Waals surface area contributed by atoms with Crippen LogP contribution in [0.3, 0.4) is 0 Å². The number of hydrogen-bond acceptors (Lipinski definition) is 2. The summed E-state index contributed by atoms with van der Waals surface area (Å²) in [7, 11) is 0. The molecule has 0 heterocycles. The van der Waals surface area contributed by atoms with Gasteiger partial charge in [0.1, 0.15) is 0 Å². The number of benzene rings is 1. The van der Waals surface area contributed by atoms with Crippen LogP contribution in [-0.4, -0.2) is 10.9 Å². The van der Waals surface area contributed by atoms with E-state index in [9.17, 15) is 4.79 Å². The molecule has 0 bridgehead atoms. The van der Waals surface area contributed by atoms with E-state index in [4.69, 9.17) is 41.2 Å². The third-order valence-electron chi connectivity index (χ3n) is 2.53. The maximum atomic E-state index is 12.1. The summed E-state index contributed by atoms with van der Waals surface area (Å²) in [6.45, 7) is 1.96. The first-order valence-corrected chi connectivity index (χ1v) is 7.57. The normalized spacial score (nSPS) is 12.0. The highest BCUT2D eigenvalue weighted by Crippen LogP contribution is 2.36. The number of thiocarbonyl (C=S) groups is 1. The van der Waals surface area contributed by atoms with Gasteiger partial charge in [-0.2, -0.15) is 0 Å². The van der Waals surface area contributed by atoms with Crippen LogP contribution >= 0.6 is 51.3 Å². The molecule has 1 atom stereocenters. The molecule has 0 aliphatic rings. The van der Waals surface area contributed by atoms with E-state index in [1.807, 2.05) is 6.92 Å². The highest BCUT2D eigenvalue weighted by Gasteiger charge is 2.21. The standard InChI is InChI=1S/C12H13BrCl2N2OS/c1-2-3-6(11(16)19)12(18)17-8-5-4-7(13)9(14)10(8)15/h4-6H,2-3H2,1H3,(H2,16,19)(H,17,18). The zero-order valence-corrected chi connectivity index (χ0v) is 14.1. The van der Waals surface area contributed by atoms with Crippen LogP contribution in [0.5, 0.6) is 0 Å². The Labute approximate surface area is 136 Å². The van der Waals surface area contributed by atoms with Crippen molar-refractivity contribution in [2.75, 3.05) is 5.32 Å². The van der Waals surface area contributed by atoms with Crippen molar-refractivity contribution >= 4 is 67.9 Å². The summed E-state index contributed by atoms with van der Waals surface area (Å²) in [5.74, 6) is -0.770. The van der Waals surface area contributed by atoms with E-state index in [0.29, 0.717) is 21.6 Å². The Hall–Kier alpha value is -0.360. The summed E-state index contributed by atoms with van der Waals surface area (Å²) < 4.78 is 0.664. The first-order chi connectivity index (χ1) is 8.88.